The maximum absolute atomic E-state index is 11.8. The van der Waals surface area contributed by atoms with Crippen molar-refractivity contribution in [2.24, 2.45) is 5.84 Å². The molecule has 1 aromatic rings. The lowest BCUT2D eigenvalue weighted by Crippen LogP contribution is -2.19. The van der Waals surface area contributed by atoms with Gasteiger partial charge in [-0.25, -0.2) is 19.1 Å². The van der Waals surface area contributed by atoms with Gasteiger partial charge in [0.2, 0.25) is 10.0 Å². The number of methoxy groups -OCH3 is 1. The van der Waals surface area contributed by atoms with Crippen LogP contribution in [-0.2, 0) is 14.8 Å². The van der Waals surface area contributed by atoms with Gasteiger partial charge in [0.1, 0.15) is 5.56 Å². The second-order valence-electron chi connectivity index (χ2n) is 3.73. The normalized spacial score (nSPS) is 11.1. The third-order valence-corrected chi connectivity index (χ3v) is 3.65. The molecule has 0 aliphatic carbocycles. The van der Waals surface area contributed by atoms with Crippen molar-refractivity contribution in [3.8, 4) is 0 Å². The number of sulfonamides is 1. The predicted octanol–water partition coefficient (Wildman–Crippen LogP) is 0.0237. The van der Waals surface area contributed by atoms with Crippen LogP contribution in [0.25, 0.3) is 0 Å². The Kier molecular flexibility index (Phi) is 5.12. The minimum atomic E-state index is -3.56. The van der Waals surface area contributed by atoms with Gasteiger partial charge in [-0.1, -0.05) is 13.3 Å². The average Bonchev–Trinajstić information content (AvgIpc) is 2.77. The largest absolute Gasteiger partial charge is 0.465 e. The Morgan fingerprint density at radius 1 is 1.53 bits per heavy atom. The molecule has 0 aliphatic heterocycles. The fourth-order valence-corrected chi connectivity index (χ4v) is 2.57. The van der Waals surface area contributed by atoms with E-state index in [2.05, 4.69) is 25.1 Å². The molecular weight excluding hydrogens is 274 g/mol. The second-order valence-corrected chi connectivity index (χ2v) is 5.57. The Morgan fingerprint density at radius 3 is 2.74 bits per heavy atom. The molecule has 9 nitrogen and oxygen atoms in total. The first kappa shape index (κ1) is 15.2. The number of carbonyl (C=O) groups excluding carboxylic acids is 1. The van der Waals surface area contributed by atoms with Gasteiger partial charge in [-0.05, 0) is 6.42 Å². The molecule has 1 aromatic heterocycles. The lowest BCUT2D eigenvalue weighted by atomic mass is 10.3. The van der Waals surface area contributed by atoms with Gasteiger partial charge in [-0.2, -0.15) is 5.10 Å². The number of ether oxygens (including phenoxy) is 1. The summed E-state index contributed by atoms with van der Waals surface area (Å²) in [6.07, 6.45) is 1.25. The minimum Gasteiger partial charge on any atom is -0.465 e. The molecule has 108 valence electrons. The van der Waals surface area contributed by atoms with Gasteiger partial charge in [-0.15, -0.1) is 0 Å². The third kappa shape index (κ3) is 3.83. The number of aromatic amines is 1. The molecule has 0 radical (unpaired) electrons. The number of hydrogen-bond donors (Lipinski definition) is 4. The number of nitrogen functional groups attached to an aromatic ring is 1. The van der Waals surface area contributed by atoms with E-state index in [1.54, 1.807) is 0 Å². The van der Waals surface area contributed by atoms with Crippen molar-refractivity contribution in [3.63, 3.8) is 0 Å². The molecule has 1 rings (SSSR count). The highest BCUT2D eigenvalue weighted by atomic mass is 32.2. The molecule has 0 atom stereocenters. The fraction of sp³-hybridized carbons (Fsp3) is 0.556. The Labute approximate surface area is 110 Å². The van der Waals surface area contributed by atoms with E-state index in [1.807, 2.05) is 6.92 Å². The van der Waals surface area contributed by atoms with Crippen molar-refractivity contribution in [2.75, 3.05) is 23.0 Å². The van der Waals surface area contributed by atoms with E-state index < -0.39 is 16.0 Å². The van der Waals surface area contributed by atoms with Crippen LogP contribution in [0.3, 0.4) is 0 Å². The van der Waals surface area contributed by atoms with Crippen molar-refractivity contribution in [2.45, 2.75) is 19.8 Å². The van der Waals surface area contributed by atoms with Crippen molar-refractivity contribution in [3.05, 3.63) is 5.56 Å². The first-order chi connectivity index (χ1) is 8.95. The summed E-state index contributed by atoms with van der Waals surface area (Å²) >= 11 is 0. The summed E-state index contributed by atoms with van der Waals surface area (Å²) in [5.74, 6) is 4.31. The van der Waals surface area contributed by atoms with Gasteiger partial charge in [0.05, 0.1) is 12.9 Å². The molecule has 0 aliphatic rings. The number of hydrazine groups is 1. The maximum atomic E-state index is 11.8. The quantitative estimate of drug-likeness (QED) is 0.315. The van der Waals surface area contributed by atoms with E-state index >= 15 is 0 Å². The molecular formula is C9H17N5O4S. The maximum Gasteiger partial charge on any atom is 0.345 e. The monoisotopic (exact) mass is 291 g/mol. The van der Waals surface area contributed by atoms with Crippen LogP contribution in [0, 0.1) is 0 Å². The Balaban J connectivity index is 3.02. The number of carbonyl (C=O) groups is 1. The van der Waals surface area contributed by atoms with Crippen LogP contribution >= 0.6 is 0 Å². The average molecular weight is 291 g/mol. The van der Waals surface area contributed by atoms with E-state index in [9.17, 15) is 13.2 Å². The summed E-state index contributed by atoms with van der Waals surface area (Å²) in [5, 5.41) is 6.09. The number of nitrogens with two attached hydrogens (primary N) is 1. The number of H-pyrrole nitrogens is 1. The Morgan fingerprint density at radius 2 is 2.21 bits per heavy atom. The topological polar surface area (TPSA) is 139 Å². The molecule has 0 aromatic carbocycles. The van der Waals surface area contributed by atoms with Gasteiger partial charge < -0.3 is 10.2 Å². The smallest absolute Gasteiger partial charge is 0.345 e. The first-order valence-corrected chi connectivity index (χ1v) is 7.24. The van der Waals surface area contributed by atoms with Crippen LogP contribution in [-0.4, -0.2) is 37.4 Å². The van der Waals surface area contributed by atoms with Gasteiger partial charge >= 0.3 is 5.97 Å². The summed E-state index contributed by atoms with van der Waals surface area (Å²) in [4.78, 5) is 11.6. The highest BCUT2D eigenvalue weighted by molar-refractivity contribution is 7.92. The van der Waals surface area contributed by atoms with E-state index in [1.165, 1.54) is 7.11 Å². The molecule has 10 heteroatoms. The van der Waals surface area contributed by atoms with Gasteiger partial charge in [-0.3, -0.25) is 9.82 Å². The molecule has 0 unspecified atom stereocenters. The molecule has 5 N–H and O–H groups in total. The number of nitrogens with zero attached hydrogens (tertiary/aromatic N) is 1. The van der Waals surface area contributed by atoms with Crippen LogP contribution in [0.4, 0.5) is 11.6 Å². The lowest BCUT2D eigenvalue weighted by molar-refractivity contribution is 0.0603. The summed E-state index contributed by atoms with van der Waals surface area (Å²) in [6, 6.07) is 0. The molecule has 0 bridgehead atoms. The summed E-state index contributed by atoms with van der Waals surface area (Å²) in [6.45, 7) is 1.88. The number of rotatable bonds is 7. The highest BCUT2D eigenvalue weighted by Crippen LogP contribution is 2.22. The SMILES string of the molecule is CCCCS(=O)(=O)Nc1n[nH]c(NN)c1C(=O)OC. The number of esters is 1. The molecule has 1 heterocycles. The molecule has 0 saturated heterocycles. The number of hydrogen-bond acceptors (Lipinski definition) is 7. The Hall–Kier alpha value is -1.81. The molecule has 0 amide bonds. The van der Waals surface area contributed by atoms with Crippen LogP contribution in [0.5, 0.6) is 0 Å². The summed E-state index contributed by atoms with van der Waals surface area (Å²) in [5.41, 5.74) is 2.11. The number of nitrogens with one attached hydrogen (secondary N) is 3. The predicted molar refractivity (Wildman–Crippen MR) is 70.1 cm³/mol. The van der Waals surface area contributed by atoms with Gasteiger partial charge in [0.25, 0.3) is 0 Å². The van der Waals surface area contributed by atoms with Crippen molar-refractivity contribution in [1.29, 1.82) is 0 Å². The van der Waals surface area contributed by atoms with E-state index in [-0.39, 0.29) is 23.0 Å². The van der Waals surface area contributed by atoms with Crippen LogP contribution < -0.4 is 16.0 Å². The zero-order valence-corrected chi connectivity index (χ0v) is 11.5. The van der Waals surface area contributed by atoms with Gasteiger partial charge in [0.15, 0.2) is 11.6 Å². The van der Waals surface area contributed by atoms with E-state index in [4.69, 9.17) is 5.84 Å². The van der Waals surface area contributed by atoms with Crippen molar-refractivity contribution < 1.29 is 17.9 Å². The third-order valence-electron chi connectivity index (χ3n) is 2.32. The van der Waals surface area contributed by atoms with E-state index in [0.29, 0.717) is 6.42 Å². The van der Waals surface area contributed by atoms with Crippen molar-refractivity contribution >= 4 is 27.6 Å². The lowest BCUT2D eigenvalue weighted by Gasteiger charge is -2.06. The van der Waals surface area contributed by atoms with Crippen LogP contribution in [0.2, 0.25) is 0 Å². The molecule has 0 fully saturated rings. The Bertz CT molecular complexity index is 539. The molecule has 19 heavy (non-hydrogen) atoms. The van der Waals surface area contributed by atoms with E-state index in [0.717, 1.165) is 6.42 Å². The number of unbranched alkanes of at least 4 members (excludes halogenated alkanes) is 1. The molecule has 0 spiro atoms. The zero-order chi connectivity index (χ0) is 14.5. The minimum absolute atomic E-state index is 0.0532. The summed E-state index contributed by atoms with van der Waals surface area (Å²) < 4.78 is 30.3. The molecule has 0 saturated carbocycles. The summed E-state index contributed by atoms with van der Waals surface area (Å²) in [7, 11) is -2.39. The highest BCUT2D eigenvalue weighted by Gasteiger charge is 2.24. The zero-order valence-electron chi connectivity index (χ0n) is 10.7. The van der Waals surface area contributed by atoms with Crippen molar-refractivity contribution in [1.82, 2.24) is 10.2 Å². The number of anilines is 2. The number of aromatic nitrogens is 2. The standard InChI is InChI=1S/C9H17N5O4S/c1-3-4-5-19(16,17)14-8-6(9(15)18-2)7(11-10)12-13-8/h3-5,10H2,1-2H3,(H3,11,12,13,14). The second kappa shape index (κ2) is 6.38. The first-order valence-electron chi connectivity index (χ1n) is 5.59. The van der Waals surface area contributed by atoms with Crippen LogP contribution in [0.1, 0.15) is 30.1 Å². The fourth-order valence-electron chi connectivity index (χ4n) is 1.35. The van der Waals surface area contributed by atoms with Gasteiger partial charge in [0, 0.05) is 0 Å². The van der Waals surface area contributed by atoms with Crippen LogP contribution in [0.15, 0.2) is 0 Å².